The molecule has 1 aromatic heterocycles. The second-order valence-electron chi connectivity index (χ2n) is 11.6. The summed E-state index contributed by atoms with van der Waals surface area (Å²) in [6.07, 6.45) is 7.75. The SMILES string of the molecule is CC(C)(C)c1cc2cc(NC(=O)C3(C4=CC5=C(CC4)OCO5)CC3)ccc2n1CC1CCOCC1. The van der Waals surface area contributed by atoms with Gasteiger partial charge in [0.1, 0.15) is 5.76 Å². The van der Waals surface area contributed by atoms with Crippen LogP contribution in [0.4, 0.5) is 5.69 Å². The van der Waals surface area contributed by atoms with Crippen molar-refractivity contribution < 1.29 is 19.0 Å². The zero-order valence-corrected chi connectivity index (χ0v) is 21.1. The number of hydrogen-bond acceptors (Lipinski definition) is 4. The van der Waals surface area contributed by atoms with Gasteiger partial charge in [-0.1, -0.05) is 26.3 Å². The minimum atomic E-state index is -0.398. The van der Waals surface area contributed by atoms with Gasteiger partial charge in [0, 0.05) is 53.9 Å². The van der Waals surface area contributed by atoms with E-state index >= 15 is 0 Å². The van der Waals surface area contributed by atoms with Crippen LogP contribution in [0, 0.1) is 11.3 Å². The average Bonchev–Trinajstić information content (AvgIpc) is 3.38. The first-order valence-corrected chi connectivity index (χ1v) is 13.1. The van der Waals surface area contributed by atoms with E-state index in [0.29, 0.717) is 12.7 Å². The lowest BCUT2D eigenvalue weighted by atomic mass is 9.87. The van der Waals surface area contributed by atoms with Gasteiger partial charge in [0.05, 0.1) is 5.41 Å². The van der Waals surface area contributed by atoms with Crippen molar-refractivity contribution in [3.8, 4) is 0 Å². The van der Waals surface area contributed by atoms with E-state index in [1.165, 1.54) is 22.2 Å². The number of allylic oxidation sites excluding steroid dienone is 2. The number of anilines is 1. The van der Waals surface area contributed by atoms with Crippen LogP contribution in [0.25, 0.3) is 10.9 Å². The van der Waals surface area contributed by atoms with Crippen LogP contribution in [0.5, 0.6) is 0 Å². The molecule has 4 aliphatic rings. The molecular weight excluding hydrogens is 440 g/mol. The summed E-state index contributed by atoms with van der Waals surface area (Å²) in [4.78, 5) is 13.5. The summed E-state index contributed by atoms with van der Waals surface area (Å²) < 4.78 is 19.2. The van der Waals surface area contributed by atoms with Crippen LogP contribution in [-0.2, 0) is 31.0 Å². The summed E-state index contributed by atoms with van der Waals surface area (Å²) in [5.74, 6) is 2.48. The van der Waals surface area contributed by atoms with E-state index in [-0.39, 0.29) is 11.3 Å². The lowest BCUT2D eigenvalue weighted by Crippen LogP contribution is -2.27. The lowest BCUT2D eigenvalue weighted by molar-refractivity contribution is -0.120. The number of carbonyl (C=O) groups excluding carboxylic acids is 1. The van der Waals surface area contributed by atoms with Crippen molar-refractivity contribution in [1.29, 1.82) is 0 Å². The Labute approximate surface area is 207 Å². The molecule has 1 saturated heterocycles. The molecule has 1 saturated carbocycles. The molecular formula is C29H36N2O4. The van der Waals surface area contributed by atoms with E-state index in [1.54, 1.807) is 0 Å². The summed E-state index contributed by atoms with van der Waals surface area (Å²) in [5.41, 5.74) is 4.28. The second kappa shape index (κ2) is 8.44. The van der Waals surface area contributed by atoms with E-state index in [4.69, 9.17) is 14.2 Å². The van der Waals surface area contributed by atoms with E-state index in [0.717, 1.165) is 75.5 Å². The molecule has 35 heavy (non-hydrogen) atoms. The fraction of sp³-hybridized carbons (Fsp3) is 0.552. The minimum absolute atomic E-state index is 0.0404. The molecule has 6 heteroatoms. The van der Waals surface area contributed by atoms with Gasteiger partial charge in [0.15, 0.2) is 5.76 Å². The maximum atomic E-state index is 13.5. The summed E-state index contributed by atoms with van der Waals surface area (Å²) in [6.45, 7) is 9.86. The third kappa shape index (κ3) is 4.16. The maximum Gasteiger partial charge on any atom is 0.234 e. The molecule has 1 aromatic carbocycles. The Bertz CT molecular complexity index is 1220. The van der Waals surface area contributed by atoms with Gasteiger partial charge in [0.25, 0.3) is 0 Å². The largest absolute Gasteiger partial charge is 0.458 e. The van der Waals surface area contributed by atoms with Gasteiger partial charge in [-0.05, 0) is 68.4 Å². The van der Waals surface area contributed by atoms with Crippen molar-refractivity contribution >= 4 is 22.5 Å². The van der Waals surface area contributed by atoms with Crippen LogP contribution in [0.1, 0.15) is 65.0 Å². The van der Waals surface area contributed by atoms with E-state index < -0.39 is 5.41 Å². The number of hydrogen-bond donors (Lipinski definition) is 1. The first-order valence-electron chi connectivity index (χ1n) is 13.1. The molecule has 3 heterocycles. The molecule has 0 spiro atoms. The molecule has 0 atom stereocenters. The molecule has 1 amide bonds. The van der Waals surface area contributed by atoms with E-state index in [1.807, 2.05) is 6.08 Å². The highest BCUT2D eigenvalue weighted by molar-refractivity contribution is 6.01. The first-order chi connectivity index (χ1) is 16.8. The zero-order chi connectivity index (χ0) is 24.2. The Balaban J connectivity index is 1.26. The molecule has 1 N–H and O–H groups in total. The third-order valence-corrected chi connectivity index (χ3v) is 8.16. The number of amides is 1. The molecule has 2 aromatic rings. The number of aromatic nitrogens is 1. The number of ether oxygens (including phenoxy) is 3. The average molecular weight is 477 g/mol. The molecule has 2 aliphatic carbocycles. The maximum absolute atomic E-state index is 13.5. The highest BCUT2D eigenvalue weighted by atomic mass is 16.7. The summed E-state index contributed by atoms with van der Waals surface area (Å²) in [5, 5.41) is 4.44. The molecule has 0 unspecified atom stereocenters. The topological polar surface area (TPSA) is 61.7 Å². The number of carbonyl (C=O) groups is 1. The molecule has 0 bridgehead atoms. The number of nitrogens with one attached hydrogen (secondary N) is 1. The number of nitrogens with zero attached hydrogens (tertiary/aromatic N) is 1. The van der Waals surface area contributed by atoms with Crippen molar-refractivity contribution in [2.45, 2.75) is 71.3 Å². The van der Waals surface area contributed by atoms with Crippen LogP contribution in [0.2, 0.25) is 0 Å². The number of fused-ring (bicyclic) bond motifs is 1. The molecule has 2 fully saturated rings. The lowest BCUT2D eigenvalue weighted by Gasteiger charge is -2.27. The van der Waals surface area contributed by atoms with Crippen molar-refractivity contribution in [3.05, 3.63) is 53.1 Å². The van der Waals surface area contributed by atoms with E-state index in [9.17, 15) is 4.79 Å². The highest BCUT2D eigenvalue weighted by Crippen LogP contribution is 2.56. The Morgan fingerprint density at radius 2 is 1.91 bits per heavy atom. The van der Waals surface area contributed by atoms with Gasteiger partial charge in [-0.2, -0.15) is 0 Å². The van der Waals surface area contributed by atoms with Crippen LogP contribution < -0.4 is 5.32 Å². The highest BCUT2D eigenvalue weighted by Gasteiger charge is 2.53. The number of rotatable bonds is 5. The van der Waals surface area contributed by atoms with Crippen molar-refractivity contribution in [2.24, 2.45) is 11.3 Å². The molecule has 6 rings (SSSR count). The van der Waals surface area contributed by atoms with Gasteiger partial charge < -0.3 is 24.1 Å². The normalized spacial score (nSPS) is 21.9. The zero-order valence-electron chi connectivity index (χ0n) is 21.1. The summed E-state index contributed by atoms with van der Waals surface area (Å²) in [6, 6.07) is 8.70. The van der Waals surface area contributed by atoms with Crippen LogP contribution in [0.15, 0.2) is 47.4 Å². The summed E-state index contributed by atoms with van der Waals surface area (Å²) in [7, 11) is 0. The van der Waals surface area contributed by atoms with Crippen molar-refractivity contribution in [1.82, 2.24) is 4.57 Å². The van der Waals surface area contributed by atoms with Gasteiger partial charge in [-0.3, -0.25) is 4.79 Å². The standard InChI is InChI=1S/C29H36N2O4/c1-28(2,3)26-15-20-14-22(5-6-23(20)31(26)17-19-8-12-33-13-9-19)30-27(32)29(10-11-29)21-4-7-24-25(16-21)35-18-34-24/h5-6,14-16,19H,4,7-13,17-18H2,1-3H3,(H,30,32). The Hall–Kier alpha value is -2.73. The Kier molecular flexibility index (Phi) is 5.48. The third-order valence-electron chi connectivity index (χ3n) is 8.16. The Morgan fingerprint density at radius 1 is 1.11 bits per heavy atom. The molecule has 0 radical (unpaired) electrons. The van der Waals surface area contributed by atoms with Gasteiger partial charge in [-0.25, -0.2) is 0 Å². The monoisotopic (exact) mass is 476 g/mol. The first kappa shape index (κ1) is 22.7. The predicted molar refractivity (Wildman–Crippen MR) is 136 cm³/mol. The van der Waals surface area contributed by atoms with E-state index in [2.05, 4.69) is 54.9 Å². The van der Waals surface area contributed by atoms with Crippen LogP contribution in [-0.4, -0.2) is 30.5 Å². The minimum Gasteiger partial charge on any atom is -0.458 e. The molecule has 2 aliphatic heterocycles. The van der Waals surface area contributed by atoms with Crippen molar-refractivity contribution in [2.75, 3.05) is 25.3 Å². The predicted octanol–water partition coefficient (Wildman–Crippen LogP) is 6.02. The molecule has 6 nitrogen and oxygen atoms in total. The Morgan fingerprint density at radius 3 is 2.66 bits per heavy atom. The smallest absolute Gasteiger partial charge is 0.234 e. The second-order valence-corrected chi connectivity index (χ2v) is 11.6. The fourth-order valence-corrected chi connectivity index (χ4v) is 5.91. The fourth-order valence-electron chi connectivity index (χ4n) is 5.91. The number of benzene rings is 1. The van der Waals surface area contributed by atoms with Crippen LogP contribution in [0.3, 0.4) is 0 Å². The van der Waals surface area contributed by atoms with Gasteiger partial charge in [-0.15, -0.1) is 0 Å². The molecule has 186 valence electrons. The summed E-state index contributed by atoms with van der Waals surface area (Å²) >= 11 is 0. The quantitative estimate of drug-likeness (QED) is 0.573. The van der Waals surface area contributed by atoms with Gasteiger partial charge in [0.2, 0.25) is 12.7 Å². The van der Waals surface area contributed by atoms with Crippen molar-refractivity contribution in [3.63, 3.8) is 0 Å². The van der Waals surface area contributed by atoms with Gasteiger partial charge >= 0.3 is 0 Å². The van der Waals surface area contributed by atoms with Crippen LogP contribution >= 0.6 is 0 Å².